The number of hydrogen-bond acceptors (Lipinski definition) is 4. The lowest BCUT2D eigenvalue weighted by Gasteiger charge is -2.25. The quantitative estimate of drug-likeness (QED) is 0.474. The zero-order valence-corrected chi connectivity index (χ0v) is 16.8. The van der Waals surface area contributed by atoms with Crippen LogP contribution in [-0.2, 0) is 14.4 Å². The van der Waals surface area contributed by atoms with Crippen LogP contribution in [0.2, 0.25) is 0 Å². The third-order valence-electron chi connectivity index (χ3n) is 4.52. The number of rotatable bonds is 3. The lowest BCUT2D eigenvalue weighted by atomic mass is 10.1. The number of likely N-dealkylation sites (N-methyl/N-ethyl adjacent to an activating group) is 1. The maximum Gasteiger partial charge on any atom is 0.265 e. The molecule has 0 bridgehead atoms. The smallest absolute Gasteiger partial charge is 0.265 e. The number of hydrogen-bond donors (Lipinski definition) is 2. The fourth-order valence-electron chi connectivity index (χ4n) is 3.13. The number of carbonyl (C=O) groups excluding carboxylic acids is 3. The second kappa shape index (κ2) is 7.40. The predicted molar refractivity (Wildman–Crippen MR) is 111 cm³/mol. The van der Waals surface area contributed by atoms with Gasteiger partial charge >= 0.3 is 0 Å². The normalized spacial score (nSPS) is 15.8. The Bertz CT molecular complexity index is 1030. The fraction of sp³-hybridized carbons (Fsp3) is 0.200. The first-order valence-corrected chi connectivity index (χ1v) is 9.02. The van der Waals surface area contributed by atoms with E-state index in [1.807, 2.05) is 48.7 Å². The first kappa shape index (κ1) is 19.5. The van der Waals surface area contributed by atoms with Crippen molar-refractivity contribution in [3.8, 4) is 5.69 Å². The molecule has 1 aromatic carbocycles. The molecule has 2 heterocycles. The second-order valence-corrected chi connectivity index (χ2v) is 6.96. The van der Waals surface area contributed by atoms with Crippen molar-refractivity contribution >= 4 is 46.8 Å². The van der Waals surface area contributed by atoms with Gasteiger partial charge in [-0.3, -0.25) is 24.6 Å². The van der Waals surface area contributed by atoms with Crippen LogP contribution in [0, 0.1) is 13.8 Å². The number of aromatic nitrogens is 1. The van der Waals surface area contributed by atoms with Gasteiger partial charge in [-0.15, -0.1) is 0 Å². The molecule has 0 radical (unpaired) electrons. The van der Waals surface area contributed by atoms with Gasteiger partial charge in [-0.1, -0.05) is 0 Å². The number of amides is 3. The van der Waals surface area contributed by atoms with Crippen molar-refractivity contribution in [2.75, 3.05) is 12.4 Å². The number of carbonyl (C=O) groups is 3. The maximum atomic E-state index is 12.4. The van der Waals surface area contributed by atoms with E-state index in [-0.39, 0.29) is 16.6 Å². The molecule has 0 atom stereocenters. The number of aryl methyl sites for hydroxylation is 1. The molecule has 28 heavy (non-hydrogen) atoms. The average molecular weight is 396 g/mol. The monoisotopic (exact) mass is 396 g/mol. The Kier molecular flexibility index (Phi) is 5.15. The van der Waals surface area contributed by atoms with Crippen molar-refractivity contribution < 1.29 is 14.4 Å². The molecule has 1 aliphatic heterocycles. The van der Waals surface area contributed by atoms with E-state index < -0.39 is 11.8 Å². The summed E-state index contributed by atoms with van der Waals surface area (Å²) in [5, 5.41) is 5.34. The lowest BCUT2D eigenvalue weighted by Crippen LogP contribution is -2.52. The van der Waals surface area contributed by atoms with Gasteiger partial charge in [0.25, 0.3) is 11.8 Å². The molecule has 0 spiro atoms. The number of nitrogens with zero attached hydrogens (tertiary/aromatic N) is 2. The summed E-state index contributed by atoms with van der Waals surface area (Å²) >= 11 is 4.97. The van der Waals surface area contributed by atoms with Crippen LogP contribution in [0.5, 0.6) is 0 Å². The van der Waals surface area contributed by atoms with E-state index in [9.17, 15) is 14.4 Å². The SMILES string of the molecule is CC(=O)Nc1ccc(-n2c(C)cc(/C=C3/C(=O)NC(=S)N(C)C3=O)c2C)cc1. The van der Waals surface area contributed by atoms with Gasteiger partial charge in [-0.25, -0.2) is 0 Å². The molecule has 7 nitrogen and oxygen atoms in total. The molecule has 1 saturated heterocycles. The van der Waals surface area contributed by atoms with Crippen molar-refractivity contribution in [1.82, 2.24) is 14.8 Å². The molecule has 1 fully saturated rings. The van der Waals surface area contributed by atoms with Crippen LogP contribution >= 0.6 is 12.2 Å². The van der Waals surface area contributed by atoms with E-state index in [4.69, 9.17) is 12.2 Å². The highest BCUT2D eigenvalue weighted by Crippen LogP contribution is 2.25. The van der Waals surface area contributed by atoms with Crippen molar-refractivity contribution in [3.05, 3.63) is 52.9 Å². The van der Waals surface area contributed by atoms with Crippen molar-refractivity contribution in [3.63, 3.8) is 0 Å². The summed E-state index contributed by atoms with van der Waals surface area (Å²) in [6, 6.07) is 9.35. The second-order valence-electron chi connectivity index (χ2n) is 6.57. The Balaban J connectivity index is 1.98. The van der Waals surface area contributed by atoms with Gasteiger partial charge in [0.05, 0.1) is 0 Å². The molecular weight excluding hydrogens is 376 g/mol. The van der Waals surface area contributed by atoms with Crippen LogP contribution in [0.25, 0.3) is 11.8 Å². The minimum Gasteiger partial charge on any atom is -0.326 e. The third kappa shape index (κ3) is 3.59. The van der Waals surface area contributed by atoms with Gasteiger partial charge in [-0.05, 0) is 68.0 Å². The minimum atomic E-state index is -0.502. The number of benzene rings is 1. The topological polar surface area (TPSA) is 83.4 Å². The summed E-state index contributed by atoms with van der Waals surface area (Å²) in [6.07, 6.45) is 1.58. The molecule has 0 saturated carbocycles. The molecule has 2 aromatic rings. The van der Waals surface area contributed by atoms with E-state index in [1.54, 1.807) is 6.08 Å². The summed E-state index contributed by atoms with van der Waals surface area (Å²) in [7, 11) is 1.53. The zero-order valence-electron chi connectivity index (χ0n) is 16.0. The number of nitrogens with one attached hydrogen (secondary N) is 2. The molecular formula is C20H20N4O3S. The number of anilines is 1. The summed E-state index contributed by atoms with van der Waals surface area (Å²) < 4.78 is 2.02. The van der Waals surface area contributed by atoms with E-state index in [1.165, 1.54) is 18.9 Å². The van der Waals surface area contributed by atoms with E-state index in [0.717, 1.165) is 22.6 Å². The van der Waals surface area contributed by atoms with Crippen molar-refractivity contribution in [2.45, 2.75) is 20.8 Å². The molecule has 0 unspecified atom stereocenters. The summed E-state index contributed by atoms with van der Waals surface area (Å²) in [5.74, 6) is -1.06. The van der Waals surface area contributed by atoms with E-state index >= 15 is 0 Å². The molecule has 3 rings (SSSR count). The van der Waals surface area contributed by atoms with Gasteiger partial charge in [0.2, 0.25) is 5.91 Å². The molecule has 8 heteroatoms. The standard InChI is InChI=1S/C20H20N4O3S/c1-11-9-14(10-17-18(26)22-20(28)23(4)19(17)27)12(2)24(11)16-7-5-15(6-8-16)21-13(3)25/h5-10H,1-4H3,(H,21,25)(H,22,26,28)/b17-10-. The Labute approximate surface area is 168 Å². The fourth-order valence-corrected chi connectivity index (χ4v) is 3.30. The van der Waals surface area contributed by atoms with Crippen molar-refractivity contribution in [2.24, 2.45) is 0 Å². The van der Waals surface area contributed by atoms with E-state index in [2.05, 4.69) is 10.6 Å². The molecule has 0 aliphatic carbocycles. The van der Waals surface area contributed by atoms with Crippen LogP contribution in [0.4, 0.5) is 5.69 Å². The molecule has 144 valence electrons. The van der Waals surface area contributed by atoms with Gasteiger partial charge in [0, 0.05) is 36.7 Å². The van der Waals surface area contributed by atoms with Gasteiger partial charge < -0.3 is 9.88 Å². The molecule has 3 amide bonds. The average Bonchev–Trinajstić information content (AvgIpc) is 2.91. The molecule has 1 aliphatic rings. The maximum absolute atomic E-state index is 12.4. The minimum absolute atomic E-state index is 0.0392. The van der Waals surface area contributed by atoms with Crippen molar-refractivity contribution in [1.29, 1.82) is 0 Å². The van der Waals surface area contributed by atoms with Gasteiger partial charge in [0.15, 0.2) is 5.11 Å². The van der Waals surface area contributed by atoms with Gasteiger partial charge in [-0.2, -0.15) is 0 Å². The summed E-state index contributed by atoms with van der Waals surface area (Å²) in [6.45, 7) is 5.32. The van der Waals surface area contributed by atoms with Crippen LogP contribution in [0.15, 0.2) is 35.9 Å². The summed E-state index contributed by atoms with van der Waals surface area (Å²) in [4.78, 5) is 37.0. The predicted octanol–water partition coefficient (Wildman–Crippen LogP) is 2.31. The number of thiocarbonyl (C=S) groups is 1. The van der Waals surface area contributed by atoms with E-state index in [0.29, 0.717) is 5.69 Å². The summed E-state index contributed by atoms with van der Waals surface area (Å²) in [5.41, 5.74) is 4.26. The molecule has 1 aromatic heterocycles. The van der Waals surface area contributed by atoms with Crippen LogP contribution in [0.1, 0.15) is 23.9 Å². The highest BCUT2D eigenvalue weighted by atomic mass is 32.1. The highest BCUT2D eigenvalue weighted by Gasteiger charge is 2.31. The highest BCUT2D eigenvalue weighted by molar-refractivity contribution is 7.80. The zero-order chi connectivity index (χ0) is 20.6. The first-order chi connectivity index (χ1) is 13.2. The largest absolute Gasteiger partial charge is 0.326 e. The van der Waals surface area contributed by atoms with Crippen LogP contribution in [-0.4, -0.2) is 39.3 Å². The third-order valence-corrected chi connectivity index (χ3v) is 4.90. The lowest BCUT2D eigenvalue weighted by molar-refractivity contribution is -0.128. The first-order valence-electron chi connectivity index (χ1n) is 8.61. The Morgan fingerprint density at radius 1 is 1.18 bits per heavy atom. The van der Waals surface area contributed by atoms with Gasteiger partial charge in [0.1, 0.15) is 5.57 Å². The molecule has 2 N–H and O–H groups in total. The van der Waals surface area contributed by atoms with Crippen LogP contribution in [0.3, 0.4) is 0 Å². The Hall–Kier alpha value is -3.26. The Morgan fingerprint density at radius 2 is 1.82 bits per heavy atom. The van der Waals surface area contributed by atoms with Crippen LogP contribution < -0.4 is 10.6 Å². The Morgan fingerprint density at radius 3 is 2.43 bits per heavy atom.